The first-order valence-electron chi connectivity index (χ1n) is 11.4. The maximum absolute atomic E-state index is 13.3. The molecule has 3 heterocycles. The van der Waals surface area contributed by atoms with Crippen LogP contribution in [0.1, 0.15) is 50.8 Å². The molecule has 176 valence electrons. The fraction of sp³-hybridized carbons (Fsp3) is 0.500. The molecule has 0 aliphatic carbocycles. The van der Waals surface area contributed by atoms with E-state index in [9.17, 15) is 9.59 Å². The summed E-state index contributed by atoms with van der Waals surface area (Å²) in [4.78, 5) is 37.7. The van der Waals surface area contributed by atoms with E-state index in [1.165, 1.54) is 23.1 Å². The van der Waals surface area contributed by atoms with Crippen molar-refractivity contribution in [1.29, 1.82) is 0 Å². The summed E-state index contributed by atoms with van der Waals surface area (Å²) in [5, 5.41) is 4.40. The molecule has 1 fully saturated rings. The van der Waals surface area contributed by atoms with Crippen LogP contribution in [0.25, 0.3) is 10.3 Å². The molecule has 0 spiro atoms. The Labute approximate surface area is 202 Å². The molecule has 1 N–H and O–H groups in total. The molecule has 1 amide bonds. The number of amides is 1. The second-order valence-corrected chi connectivity index (χ2v) is 11.0. The number of hydrogen-bond donors (Lipinski definition) is 1. The number of para-hydroxylation sites is 1. The van der Waals surface area contributed by atoms with Gasteiger partial charge in [0.05, 0.1) is 5.75 Å². The summed E-state index contributed by atoms with van der Waals surface area (Å²) in [5.41, 5.74) is 3.28. The number of hydrogen-bond acceptors (Lipinski definition) is 7. The number of nitrogens with zero attached hydrogens (tertiary/aromatic N) is 4. The van der Waals surface area contributed by atoms with E-state index in [0.717, 1.165) is 53.8 Å². The Hall–Kier alpha value is -2.39. The molecule has 1 aliphatic rings. The summed E-state index contributed by atoms with van der Waals surface area (Å²) in [6.07, 6.45) is 2.27. The highest BCUT2D eigenvalue weighted by Crippen LogP contribution is 2.31. The molecule has 2 aromatic heterocycles. The van der Waals surface area contributed by atoms with Crippen molar-refractivity contribution in [2.24, 2.45) is 5.92 Å². The lowest BCUT2D eigenvalue weighted by Crippen LogP contribution is -2.32. The molecule has 0 radical (unpaired) electrons. The Morgan fingerprint density at radius 2 is 1.88 bits per heavy atom. The minimum absolute atomic E-state index is 0.0695. The molecular formula is C24H31N5O2S2. The number of rotatable bonds is 6. The van der Waals surface area contributed by atoms with Crippen molar-refractivity contribution in [2.75, 3.05) is 29.1 Å². The van der Waals surface area contributed by atoms with Crippen LogP contribution < -0.4 is 15.8 Å². The number of thiazole rings is 1. The van der Waals surface area contributed by atoms with Crippen LogP contribution in [0.15, 0.2) is 28.2 Å². The topological polar surface area (TPSA) is 80.1 Å². The molecule has 33 heavy (non-hydrogen) atoms. The van der Waals surface area contributed by atoms with E-state index in [4.69, 9.17) is 9.97 Å². The highest BCUT2D eigenvalue weighted by atomic mass is 32.2. The van der Waals surface area contributed by atoms with Crippen molar-refractivity contribution in [3.05, 3.63) is 39.7 Å². The second-order valence-electron chi connectivity index (χ2n) is 9.09. The van der Waals surface area contributed by atoms with E-state index in [1.807, 2.05) is 45.9 Å². The Bertz CT molecular complexity index is 1210. The van der Waals surface area contributed by atoms with Crippen LogP contribution in [0.4, 0.5) is 10.8 Å². The SMILES string of the molecule is Cc1cccc(C)c1NC(=O)CSc1nc2nc(N3CCC(C)CC3)sc2c(=O)n1C(C)C. The zero-order valence-electron chi connectivity index (χ0n) is 19.8. The molecule has 0 saturated carbocycles. The predicted molar refractivity (Wildman–Crippen MR) is 138 cm³/mol. The Balaban J connectivity index is 1.58. The van der Waals surface area contributed by atoms with Gasteiger partial charge < -0.3 is 10.2 Å². The first-order valence-corrected chi connectivity index (χ1v) is 13.2. The van der Waals surface area contributed by atoms with Crippen molar-refractivity contribution in [2.45, 2.75) is 58.7 Å². The normalized spacial score (nSPS) is 14.9. The van der Waals surface area contributed by atoms with Gasteiger partial charge in [0, 0.05) is 24.8 Å². The molecular weight excluding hydrogens is 454 g/mol. The zero-order valence-corrected chi connectivity index (χ0v) is 21.5. The number of benzene rings is 1. The first-order chi connectivity index (χ1) is 15.7. The average molecular weight is 486 g/mol. The quantitative estimate of drug-likeness (QED) is 0.390. The fourth-order valence-electron chi connectivity index (χ4n) is 4.07. The smallest absolute Gasteiger partial charge is 0.274 e. The van der Waals surface area contributed by atoms with Gasteiger partial charge in [-0.1, -0.05) is 48.2 Å². The number of piperidine rings is 1. The van der Waals surface area contributed by atoms with E-state index in [1.54, 1.807) is 4.57 Å². The van der Waals surface area contributed by atoms with Gasteiger partial charge in [-0.3, -0.25) is 14.2 Å². The minimum Gasteiger partial charge on any atom is -0.348 e. The lowest BCUT2D eigenvalue weighted by Gasteiger charge is -2.29. The van der Waals surface area contributed by atoms with Gasteiger partial charge in [0.15, 0.2) is 15.9 Å². The monoisotopic (exact) mass is 485 g/mol. The van der Waals surface area contributed by atoms with Gasteiger partial charge in [0.1, 0.15) is 4.70 Å². The van der Waals surface area contributed by atoms with E-state index in [0.29, 0.717) is 15.5 Å². The van der Waals surface area contributed by atoms with Crippen LogP contribution in [-0.4, -0.2) is 39.3 Å². The van der Waals surface area contributed by atoms with Crippen molar-refractivity contribution >= 4 is 50.2 Å². The Morgan fingerprint density at radius 1 is 1.21 bits per heavy atom. The van der Waals surface area contributed by atoms with Gasteiger partial charge in [0.25, 0.3) is 5.56 Å². The number of carbonyl (C=O) groups excluding carboxylic acids is 1. The van der Waals surface area contributed by atoms with Crippen molar-refractivity contribution < 1.29 is 4.79 Å². The minimum atomic E-state index is -0.122. The molecule has 0 atom stereocenters. The molecule has 1 aromatic carbocycles. The summed E-state index contributed by atoms with van der Waals surface area (Å²) in [7, 11) is 0. The van der Waals surface area contributed by atoms with E-state index in [-0.39, 0.29) is 23.3 Å². The van der Waals surface area contributed by atoms with Gasteiger partial charge in [-0.2, -0.15) is 4.98 Å². The van der Waals surface area contributed by atoms with Crippen LogP contribution in [0.2, 0.25) is 0 Å². The van der Waals surface area contributed by atoms with Gasteiger partial charge in [-0.05, 0) is 57.6 Å². The van der Waals surface area contributed by atoms with E-state index < -0.39 is 0 Å². The lowest BCUT2D eigenvalue weighted by molar-refractivity contribution is -0.113. The molecule has 0 unspecified atom stereocenters. The van der Waals surface area contributed by atoms with Gasteiger partial charge in [-0.25, -0.2) is 4.98 Å². The number of thioether (sulfide) groups is 1. The van der Waals surface area contributed by atoms with Gasteiger partial charge in [0.2, 0.25) is 5.91 Å². The number of aromatic nitrogens is 3. The predicted octanol–water partition coefficient (Wildman–Crippen LogP) is 5.02. The molecule has 9 heteroatoms. The van der Waals surface area contributed by atoms with Gasteiger partial charge in [-0.15, -0.1) is 0 Å². The number of aryl methyl sites for hydroxylation is 2. The number of carbonyl (C=O) groups is 1. The fourth-order valence-corrected chi connectivity index (χ4v) is 5.98. The third-order valence-electron chi connectivity index (χ3n) is 6.07. The molecule has 1 saturated heterocycles. The van der Waals surface area contributed by atoms with E-state index >= 15 is 0 Å². The Morgan fingerprint density at radius 3 is 2.52 bits per heavy atom. The maximum Gasteiger partial charge on any atom is 0.274 e. The molecule has 1 aliphatic heterocycles. The van der Waals surface area contributed by atoms with Crippen LogP contribution in [0.3, 0.4) is 0 Å². The van der Waals surface area contributed by atoms with Crippen LogP contribution >= 0.6 is 23.1 Å². The molecule has 7 nitrogen and oxygen atoms in total. The number of nitrogens with one attached hydrogen (secondary N) is 1. The second kappa shape index (κ2) is 9.85. The zero-order chi connectivity index (χ0) is 23.7. The van der Waals surface area contributed by atoms with Crippen molar-refractivity contribution in [3.63, 3.8) is 0 Å². The first kappa shape index (κ1) is 23.8. The third-order valence-corrected chi connectivity index (χ3v) is 8.11. The average Bonchev–Trinajstić information content (AvgIpc) is 3.20. The van der Waals surface area contributed by atoms with Crippen LogP contribution in [0, 0.1) is 19.8 Å². The molecule has 4 rings (SSSR count). The highest BCUT2D eigenvalue weighted by Gasteiger charge is 2.23. The van der Waals surface area contributed by atoms with Crippen molar-refractivity contribution in [3.8, 4) is 0 Å². The Kier molecular flexibility index (Phi) is 7.09. The summed E-state index contributed by atoms with van der Waals surface area (Å²) in [6, 6.07) is 5.86. The standard InChI is InChI=1S/C24H31N5O2S2/c1-14(2)29-22(31)20-21(26-23(33-20)28-11-9-15(3)10-12-28)27-24(29)32-13-18(30)25-19-16(4)7-6-8-17(19)5/h6-8,14-15H,9-13H2,1-5H3,(H,25,30). The lowest BCUT2D eigenvalue weighted by atomic mass is 10.00. The van der Waals surface area contributed by atoms with Crippen LogP contribution in [0.5, 0.6) is 0 Å². The summed E-state index contributed by atoms with van der Waals surface area (Å²) in [6.45, 7) is 12.1. The largest absolute Gasteiger partial charge is 0.348 e. The highest BCUT2D eigenvalue weighted by molar-refractivity contribution is 7.99. The number of fused-ring (bicyclic) bond motifs is 1. The molecule has 0 bridgehead atoms. The molecule has 3 aromatic rings. The summed E-state index contributed by atoms with van der Waals surface area (Å²) < 4.78 is 2.26. The van der Waals surface area contributed by atoms with Gasteiger partial charge >= 0.3 is 0 Å². The van der Waals surface area contributed by atoms with Crippen molar-refractivity contribution in [1.82, 2.24) is 14.5 Å². The van der Waals surface area contributed by atoms with Crippen LogP contribution in [-0.2, 0) is 4.79 Å². The van der Waals surface area contributed by atoms with E-state index in [2.05, 4.69) is 17.1 Å². The maximum atomic E-state index is 13.3. The number of anilines is 2. The summed E-state index contributed by atoms with van der Waals surface area (Å²) >= 11 is 2.71. The third kappa shape index (κ3) is 5.09. The summed E-state index contributed by atoms with van der Waals surface area (Å²) in [5.74, 6) is 0.771.